The summed E-state index contributed by atoms with van der Waals surface area (Å²) in [5.41, 5.74) is 1.71. The third kappa shape index (κ3) is 8.19. The number of thioether (sulfide) groups is 1. The third-order valence-electron chi connectivity index (χ3n) is 5.50. The van der Waals surface area contributed by atoms with Crippen LogP contribution in [0.3, 0.4) is 0 Å². The number of benzene rings is 1. The maximum absolute atomic E-state index is 12.4. The summed E-state index contributed by atoms with van der Waals surface area (Å²) in [6.07, 6.45) is 1.47. The van der Waals surface area contributed by atoms with Crippen molar-refractivity contribution in [2.24, 2.45) is 5.92 Å². The van der Waals surface area contributed by atoms with E-state index in [4.69, 9.17) is 0 Å². The van der Waals surface area contributed by atoms with E-state index < -0.39 is 0 Å². The van der Waals surface area contributed by atoms with Gasteiger partial charge in [-0.3, -0.25) is 9.69 Å². The summed E-state index contributed by atoms with van der Waals surface area (Å²) >= 11 is 1.90. The van der Waals surface area contributed by atoms with Crippen molar-refractivity contribution >= 4 is 29.4 Å². The van der Waals surface area contributed by atoms with Gasteiger partial charge in [0.25, 0.3) is 0 Å². The summed E-state index contributed by atoms with van der Waals surface area (Å²) in [7, 11) is 0. The van der Waals surface area contributed by atoms with Crippen LogP contribution in [0, 0.1) is 5.92 Å². The van der Waals surface area contributed by atoms with E-state index in [9.17, 15) is 9.59 Å². The molecule has 30 heavy (non-hydrogen) atoms. The van der Waals surface area contributed by atoms with E-state index in [1.807, 2.05) is 40.9 Å². The number of carbonyl (C=O) groups is 2. The smallest absolute Gasteiger partial charge is 0.319 e. The minimum atomic E-state index is -0.189. The van der Waals surface area contributed by atoms with Crippen molar-refractivity contribution in [3.63, 3.8) is 0 Å². The molecule has 2 rings (SSSR count). The molecule has 1 atom stereocenters. The zero-order chi connectivity index (χ0) is 21.9. The summed E-state index contributed by atoms with van der Waals surface area (Å²) < 4.78 is 0. The number of likely N-dealkylation sites (N-methyl/N-ethyl adjacent to an activating group) is 1. The second kappa shape index (κ2) is 12.8. The first-order chi connectivity index (χ1) is 14.4. The largest absolute Gasteiger partial charge is 0.341 e. The van der Waals surface area contributed by atoms with Crippen LogP contribution in [0.5, 0.6) is 0 Å². The van der Waals surface area contributed by atoms with Crippen molar-refractivity contribution in [3.8, 4) is 0 Å². The number of urea groups is 1. The highest BCUT2D eigenvalue weighted by molar-refractivity contribution is 7.99. The van der Waals surface area contributed by atoms with Crippen LogP contribution < -0.4 is 10.6 Å². The van der Waals surface area contributed by atoms with E-state index in [0.29, 0.717) is 24.9 Å². The quantitative estimate of drug-likeness (QED) is 0.590. The molecule has 0 aliphatic carbocycles. The van der Waals surface area contributed by atoms with Gasteiger partial charge in [0.2, 0.25) is 5.91 Å². The van der Waals surface area contributed by atoms with Gasteiger partial charge in [0.1, 0.15) is 0 Å². The Morgan fingerprint density at radius 3 is 2.30 bits per heavy atom. The van der Waals surface area contributed by atoms with E-state index in [-0.39, 0.29) is 11.9 Å². The number of hydrogen-bond donors (Lipinski definition) is 2. The molecule has 1 aromatic carbocycles. The van der Waals surface area contributed by atoms with Crippen molar-refractivity contribution in [1.29, 1.82) is 0 Å². The van der Waals surface area contributed by atoms with Crippen molar-refractivity contribution in [3.05, 3.63) is 29.8 Å². The standard InChI is InChI=1S/C23H38N4O2S/c1-5-26(6-2)21(15-18(3)4)17-24-23(29)25-20-9-7-19(8-10-20)16-22(28)27-11-13-30-14-12-27/h7-10,18,21H,5-6,11-17H2,1-4H3,(H2,24,25,29). The van der Waals surface area contributed by atoms with Gasteiger partial charge in [-0.15, -0.1) is 0 Å². The monoisotopic (exact) mass is 434 g/mol. The summed E-state index contributed by atoms with van der Waals surface area (Å²) in [6.45, 7) is 13.0. The zero-order valence-corrected chi connectivity index (χ0v) is 19.8. The van der Waals surface area contributed by atoms with Crippen LogP contribution in [0.1, 0.15) is 39.7 Å². The van der Waals surface area contributed by atoms with Gasteiger partial charge in [-0.25, -0.2) is 4.79 Å². The zero-order valence-electron chi connectivity index (χ0n) is 18.9. The highest BCUT2D eigenvalue weighted by atomic mass is 32.2. The summed E-state index contributed by atoms with van der Waals surface area (Å²) in [6, 6.07) is 7.72. The Morgan fingerprint density at radius 1 is 1.10 bits per heavy atom. The molecule has 1 fully saturated rings. The molecular weight excluding hydrogens is 396 g/mol. The van der Waals surface area contributed by atoms with Gasteiger partial charge in [0.05, 0.1) is 6.42 Å². The average Bonchev–Trinajstić information content (AvgIpc) is 2.74. The highest BCUT2D eigenvalue weighted by Gasteiger charge is 2.19. The van der Waals surface area contributed by atoms with E-state index in [1.165, 1.54) is 0 Å². The maximum Gasteiger partial charge on any atom is 0.319 e. The van der Waals surface area contributed by atoms with Crippen LogP contribution in [0.25, 0.3) is 0 Å². The highest BCUT2D eigenvalue weighted by Crippen LogP contribution is 2.14. The fourth-order valence-corrected chi connectivity index (χ4v) is 4.74. The fraction of sp³-hybridized carbons (Fsp3) is 0.652. The first-order valence-corrected chi connectivity index (χ1v) is 12.3. The molecule has 0 spiro atoms. The molecule has 0 bridgehead atoms. The van der Waals surface area contributed by atoms with Gasteiger partial charge in [0.15, 0.2) is 0 Å². The third-order valence-corrected chi connectivity index (χ3v) is 6.44. The lowest BCUT2D eigenvalue weighted by Crippen LogP contribution is -2.45. The van der Waals surface area contributed by atoms with Gasteiger partial charge in [-0.05, 0) is 43.1 Å². The lowest BCUT2D eigenvalue weighted by Gasteiger charge is -2.31. The number of anilines is 1. The molecule has 1 aliphatic heterocycles. The Balaban J connectivity index is 1.82. The van der Waals surface area contributed by atoms with Gasteiger partial charge in [-0.1, -0.05) is 39.8 Å². The second-order valence-corrected chi connectivity index (χ2v) is 9.43. The molecule has 168 valence electrons. The van der Waals surface area contributed by atoms with Crippen LogP contribution in [-0.2, 0) is 11.2 Å². The minimum absolute atomic E-state index is 0.182. The lowest BCUT2D eigenvalue weighted by molar-refractivity contribution is -0.130. The molecule has 7 heteroatoms. The summed E-state index contributed by atoms with van der Waals surface area (Å²) in [4.78, 5) is 29.1. The number of hydrogen-bond acceptors (Lipinski definition) is 4. The van der Waals surface area contributed by atoms with Crippen molar-refractivity contribution in [2.75, 3.05) is 49.5 Å². The van der Waals surface area contributed by atoms with E-state index in [0.717, 1.165) is 55.4 Å². The van der Waals surface area contributed by atoms with Crippen LogP contribution in [0.15, 0.2) is 24.3 Å². The molecule has 2 N–H and O–H groups in total. The molecule has 6 nitrogen and oxygen atoms in total. The average molecular weight is 435 g/mol. The van der Waals surface area contributed by atoms with Gasteiger partial charge < -0.3 is 15.5 Å². The van der Waals surface area contributed by atoms with Crippen LogP contribution in [0.2, 0.25) is 0 Å². The van der Waals surface area contributed by atoms with Crippen molar-refractivity contribution < 1.29 is 9.59 Å². The molecule has 1 saturated heterocycles. The molecular formula is C23H38N4O2S. The molecule has 3 amide bonds. The minimum Gasteiger partial charge on any atom is -0.341 e. The van der Waals surface area contributed by atoms with Gasteiger partial charge in [0, 0.05) is 42.9 Å². The first-order valence-electron chi connectivity index (χ1n) is 11.2. The van der Waals surface area contributed by atoms with Crippen LogP contribution in [0.4, 0.5) is 10.5 Å². The van der Waals surface area contributed by atoms with Gasteiger partial charge in [-0.2, -0.15) is 11.8 Å². The molecule has 1 heterocycles. The van der Waals surface area contributed by atoms with E-state index in [1.54, 1.807) is 0 Å². The summed E-state index contributed by atoms with van der Waals surface area (Å²) in [5.74, 6) is 2.81. The lowest BCUT2D eigenvalue weighted by atomic mass is 10.0. The molecule has 0 saturated carbocycles. The predicted molar refractivity (Wildman–Crippen MR) is 127 cm³/mol. The van der Waals surface area contributed by atoms with Crippen molar-refractivity contribution in [1.82, 2.24) is 15.1 Å². The molecule has 1 unspecified atom stereocenters. The molecule has 1 aromatic rings. The number of nitrogens with one attached hydrogen (secondary N) is 2. The Morgan fingerprint density at radius 2 is 1.73 bits per heavy atom. The number of rotatable bonds is 10. The molecule has 0 aromatic heterocycles. The number of carbonyl (C=O) groups excluding carboxylic acids is 2. The Kier molecular flexibility index (Phi) is 10.5. The van der Waals surface area contributed by atoms with E-state index in [2.05, 4.69) is 43.2 Å². The molecule has 0 radical (unpaired) electrons. The summed E-state index contributed by atoms with van der Waals surface area (Å²) in [5, 5.41) is 5.92. The van der Waals surface area contributed by atoms with Gasteiger partial charge >= 0.3 is 6.03 Å². The number of amides is 3. The van der Waals surface area contributed by atoms with Crippen LogP contribution >= 0.6 is 11.8 Å². The van der Waals surface area contributed by atoms with Crippen molar-refractivity contribution in [2.45, 2.75) is 46.6 Å². The molecule has 1 aliphatic rings. The first kappa shape index (κ1) is 24.5. The Bertz CT molecular complexity index is 656. The second-order valence-electron chi connectivity index (χ2n) is 8.21. The Hall–Kier alpha value is -1.73. The maximum atomic E-state index is 12.4. The van der Waals surface area contributed by atoms with Crippen LogP contribution in [-0.4, -0.2) is 72.0 Å². The fourth-order valence-electron chi connectivity index (χ4n) is 3.84. The number of nitrogens with zero attached hydrogens (tertiary/aromatic N) is 2. The predicted octanol–water partition coefficient (Wildman–Crippen LogP) is 3.68. The Labute approximate surface area is 186 Å². The topological polar surface area (TPSA) is 64.7 Å². The SMILES string of the molecule is CCN(CC)C(CNC(=O)Nc1ccc(CC(=O)N2CCSCC2)cc1)CC(C)C. The normalized spacial score (nSPS) is 15.3. The van der Waals surface area contributed by atoms with E-state index >= 15 is 0 Å².